The van der Waals surface area contributed by atoms with E-state index in [1.165, 1.54) is 23.1 Å². The van der Waals surface area contributed by atoms with Crippen LogP contribution in [0.25, 0.3) is 10.2 Å². The van der Waals surface area contributed by atoms with Crippen LogP contribution < -0.4 is 10.3 Å². The third-order valence-electron chi connectivity index (χ3n) is 5.11. The number of nitrogens with zero attached hydrogens (tertiary/aromatic N) is 2. The lowest BCUT2D eigenvalue weighted by Gasteiger charge is -2.15. The maximum atomic E-state index is 13.2. The summed E-state index contributed by atoms with van der Waals surface area (Å²) in [4.78, 5) is 32.8. The van der Waals surface area contributed by atoms with Gasteiger partial charge in [-0.1, -0.05) is 25.1 Å². The molecule has 0 bridgehead atoms. The molecular formula is C22H27N3O4S3. The second kappa shape index (κ2) is 9.76. The minimum atomic E-state index is -3.38. The number of aromatic nitrogens is 2. The number of aryl methyl sites for hydroxylation is 2. The molecule has 0 amide bonds. The maximum Gasteiger partial charge on any atom is 0.263 e. The summed E-state index contributed by atoms with van der Waals surface area (Å²) >= 11 is 2.78. The summed E-state index contributed by atoms with van der Waals surface area (Å²) in [5, 5.41) is 0.748. The summed E-state index contributed by atoms with van der Waals surface area (Å²) < 4.78 is 26.8. The molecule has 0 aliphatic heterocycles. The van der Waals surface area contributed by atoms with Crippen molar-refractivity contribution in [3.05, 3.63) is 50.6 Å². The zero-order chi connectivity index (χ0) is 23.6. The van der Waals surface area contributed by atoms with E-state index in [0.29, 0.717) is 33.2 Å². The Kier molecular flexibility index (Phi) is 7.46. The molecule has 1 aromatic carbocycles. The summed E-state index contributed by atoms with van der Waals surface area (Å²) in [7, 11) is -3.38. The number of thiophene rings is 1. The van der Waals surface area contributed by atoms with E-state index in [0.717, 1.165) is 29.5 Å². The average molecular weight is 494 g/mol. The van der Waals surface area contributed by atoms with E-state index in [1.54, 1.807) is 35.8 Å². The van der Waals surface area contributed by atoms with Crippen molar-refractivity contribution in [2.24, 2.45) is 0 Å². The standard InChI is InChI=1S/C22H27N3O4S3/c1-6-7-12-25-21(27)18-13(2)14(3)30-20(18)23-22(25)31-15(4)19(26)16-8-10-17(11-9-16)24-32(5,28)29/h8-11,15,24H,6-7,12H2,1-5H3. The van der Waals surface area contributed by atoms with E-state index in [2.05, 4.69) is 11.6 Å². The molecule has 172 valence electrons. The number of rotatable bonds is 9. The van der Waals surface area contributed by atoms with Crippen LogP contribution in [-0.4, -0.2) is 35.3 Å². The van der Waals surface area contributed by atoms with Crippen LogP contribution in [0.15, 0.2) is 34.2 Å². The van der Waals surface area contributed by atoms with E-state index < -0.39 is 15.3 Å². The number of benzene rings is 1. The predicted octanol–water partition coefficient (Wildman–Crippen LogP) is 4.61. The van der Waals surface area contributed by atoms with Crippen LogP contribution in [0.1, 0.15) is 47.5 Å². The van der Waals surface area contributed by atoms with E-state index in [4.69, 9.17) is 4.98 Å². The lowest BCUT2D eigenvalue weighted by atomic mass is 10.1. The van der Waals surface area contributed by atoms with Gasteiger partial charge in [0.2, 0.25) is 10.0 Å². The highest BCUT2D eigenvalue weighted by molar-refractivity contribution is 8.00. The molecule has 0 aliphatic carbocycles. The number of ketones is 1. The van der Waals surface area contributed by atoms with Crippen LogP contribution in [-0.2, 0) is 16.6 Å². The molecule has 1 N–H and O–H groups in total. The van der Waals surface area contributed by atoms with Gasteiger partial charge in [-0.05, 0) is 57.0 Å². The van der Waals surface area contributed by atoms with Crippen LogP contribution in [0.5, 0.6) is 0 Å². The van der Waals surface area contributed by atoms with Gasteiger partial charge in [0.25, 0.3) is 5.56 Å². The fourth-order valence-electron chi connectivity index (χ4n) is 3.28. The zero-order valence-electron chi connectivity index (χ0n) is 18.8. The summed E-state index contributed by atoms with van der Waals surface area (Å²) in [5.74, 6) is -0.115. The molecular weight excluding hydrogens is 466 g/mol. The molecule has 7 nitrogen and oxygen atoms in total. The van der Waals surface area contributed by atoms with Crippen LogP contribution in [0.4, 0.5) is 5.69 Å². The molecule has 0 aliphatic rings. The van der Waals surface area contributed by atoms with Crippen molar-refractivity contribution >= 4 is 54.8 Å². The Balaban J connectivity index is 1.90. The zero-order valence-corrected chi connectivity index (χ0v) is 21.2. The van der Waals surface area contributed by atoms with Gasteiger partial charge in [0.05, 0.1) is 16.9 Å². The second-order valence-electron chi connectivity index (χ2n) is 7.74. The summed E-state index contributed by atoms with van der Waals surface area (Å²) in [6, 6.07) is 6.31. The third-order valence-corrected chi connectivity index (χ3v) is 7.91. The fourth-order valence-corrected chi connectivity index (χ4v) is 5.92. The van der Waals surface area contributed by atoms with E-state index in [1.807, 2.05) is 13.8 Å². The largest absolute Gasteiger partial charge is 0.293 e. The van der Waals surface area contributed by atoms with Crippen molar-refractivity contribution in [1.82, 2.24) is 9.55 Å². The smallest absolute Gasteiger partial charge is 0.263 e. The number of carbonyl (C=O) groups is 1. The van der Waals surface area contributed by atoms with Gasteiger partial charge in [0.15, 0.2) is 10.9 Å². The highest BCUT2D eigenvalue weighted by atomic mass is 32.2. The van der Waals surface area contributed by atoms with E-state index in [9.17, 15) is 18.0 Å². The van der Waals surface area contributed by atoms with Crippen LogP contribution >= 0.6 is 23.1 Å². The number of sulfonamides is 1. The lowest BCUT2D eigenvalue weighted by Crippen LogP contribution is -2.25. The Bertz CT molecular complexity index is 1310. The Morgan fingerprint density at radius 3 is 2.50 bits per heavy atom. The van der Waals surface area contributed by atoms with Gasteiger partial charge in [0, 0.05) is 22.7 Å². The number of hydrogen-bond acceptors (Lipinski definition) is 7. The first-order valence-corrected chi connectivity index (χ1v) is 13.9. The number of anilines is 1. The summed E-state index contributed by atoms with van der Waals surface area (Å²) in [6.07, 6.45) is 2.86. The Morgan fingerprint density at radius 1 is 1.25 bits per heavy atom. The third kappa shape index (κ3) is 5.41. The number of carbonyl (C=O) groups excluding carboxylic acids is 1. The molecule has 3 aromatic rings. The monoisotopic (exact) mass is 493 g/mol. The van der Waals surface area contributed by atoms with Gasteiger partial charge in [-0.2, -0.15) is 0 Å². The predicted molar refractivity (Wildman–Crippen MR) is 133 cm³/mol. The molecule has 1 atom stereocenters. The van der Waals surface area contributed by atoms with Gasteiger partial charge in [0.1, 0.15) is 4.83 Å². The van der Waals surface area contributed by atoms with Crippen LogP contribution in [0.3, 0.4) is 0 Å². The topological polar surface area (TPSA) is 98.1 Å². The second-order valence-corrected chi connectivity index (χ2v) is 12.0. The Hall–Kier alpha value is -2.17. The number of unbranched alkanes of at least 4 members (excludes halogenated alkanes) is 1. The van der Waals surface area contributed by atoms with Crippen molar-refractivity contribution in [3.63, 3.8) is 0 Å². The minimum Gasteiger partial charge on any atom is -0.293 e. The van der Waals surface area contributed by atoms with Gasteiger partial charge in [-0.15, -0.1) is 11.3 Å². The SMILES string of the molecule is CCCCn1c(SC(C)C(=O)c2ccc(NS(C)(=O)=O)cc2)nc2sc(C)c(C)c2c1=O. The summed E-state index contributed by atoms with van der Waals surface area (Å²) in [6.45, 7) is 8.35. The first kappa shape index (κ1) is 24.5. The number of fused-ring (bicyclic) bond motifs is 1. The first-order chi connectivity index (χ1) is 15.0. The maximum absolute atomic E-state index is 13.2. The number of nitrogens with one attached hydrogen (secondary N) is 1. The molecule has 1 unspecified atom stereocenters. The molecule has 10 heteroatoms. The van der Waals surface area contributed by atoms with Gasteiger partial charge >= 0.3 is 0 Å². The molecule has 0 saturated carbocycles. The van der Waals surface area contributed by atoms with Crippen LogP contribution in [0, 0.1) is 13.8 Å². The first-order valence-electron chi connectivity index (χ1n) is 10.3. The quantitative estimate of drug-likeness (QED) is 0.266. The minimum absolute atomic E-state index is 0.0522. The van der Waals surface area contributed by atoms with Gasteiger partial charge in [-0.25, -0.2) is 13.4 Å². The highest BCUT2D eigenvalue weighted by Crippen LogP contribution is 2.30. The van der Waals surface area contributed by atoms with E-state index >= 15 is 0 Å². The Morgan fingerprint density at radius 2 is 1.91 bits per heavy atom. The molecule has 32 heavy (non-hydrogen) atoms. The molecule has 3 rings (SSSR count). The van der Waals surface area contributed by atoms with Gasteiger partial charge < -0.3 is 0 Å². The Labute approximate surface area is 196 Å². The molecule has 0 spiro atoms. The van der Waals surface area contributed by atoms with Crippen LogP contribution in [0.2, 0.25) is 0 Å². The van der Waals surface area contributed by atoms with Crippen molar-refractivity contribution in [2.45, 2.75) is 57.5 Å². The molecule has 0 saturated heterocycles. The number of thioether (sulfide) groups is 1. The highest BCUT2D eigenvalue weighted by Gasteiger charge is 2.22. The lowest BCUT2D eigenvalue weighted by molar-refractivity contribution is 0.0994. The van der Waals surface area contributed by atoms with E-state index in [-0.39, 0.29) is 11.3 Å². The molecule has 0 radical (unpaired) electrons. The normalized spacial score (nSPS) is 12.8. The number of hydrogen-bond donors (Lipinski definition) is 1. The summed E-state index contributed by atoms with van der Waals surface area (Å²) in [5.41, 5.74) is 1.78. The molecule has 0 fully saturated rings. The van der Waals surface area contributed by atoms with Crippen molar-refractivity contribution in [3.8, 4) is 0 Å². The molecule has 2 aromatic heterocycles. The fraction of sp³-hybridized carbons (Fsp3) is 0.409. The molecule has 2 heterocycles. The van der Waals surface area contributed by atoms with Crippen molar-refractivity contribution in [2.75, 3.05) is 11.0 Å². The average Bonchev–Trinajstić information content (AvgIpc) is 3.00. The van der Waals surface area contributed by atoms with Crippen molar-refractivity contribution in [1.29, 1.82) is 0 Å². The van der Waals surface area contributed by atoms with Crippen molar-refractivity contribution < 1.29 is 13.2 Å². The van der Waals surface area contributed by atoms with Gasteiger partial charge in [-0.3, -0.25) is 18.9 Å². The number of Topliss-reactive ketones (excluding diaryl/α,β-unsaturated/α-hetero) is 1.